The van der Waals surface area contributed by atoms with Crippen LogP contribution in [0.4, 0.5) is 18.9 Å². The molecule has 6 nitrogen and oxygen atoms in total. The second-order valence-electron chi connectivity index (χ2n) is 6.66. The lowest BCUT2D eigenvalue weighted by atomic mass is 10.1. The summed E-state index contributed by atoms with van der Waals surface area (Å²) < 4.78 is 47.3. The summed E-state index contributed by atoms with van der Waals surface area (Å²) >= 11 is 0. The first kappa shape index (κ1) is 21.8. The van der Waals surface area contributed by atoms with E-state index in [-0.39, 0.29) is 12.3 Å². The molecule has 0 spiro atoms. The van der Waals surface area contributed by atoms with Crippen molar-refractivity contribution in [1.82, 2.24) is 10.6 Å². The number of guanidine groups is 1. The van der Waals surface area contributed by atoms with Crippen molar-refractivity contribution in [2.75, 3.05) is 38.3 Å². The number of rotatable bonds is 6. The molecule has 1 aliphatic rings. The summed E-state index contributed by atoms with van der Waals surface area (Å²) in [5, 5.41) is 6.26. The van der Waals surface area contributed by atoms with E-state index in [1.165, 1.54) is 12.1 Å². The van der Waals surface area contributed by atoms with Crippen LogP contribution in [0.1, 0.15) is 11.1 Å². The average molecular weight is 422 g/mol. The number of morpholine rings is 1. The Morgan fingerprint density at radius 2 is 1.60 bits per heavy atom. The standard InChI is InChI=1S/C21H25F3N4O2/c1-25-20(27-15-17-7-3-5-9-19(17)30-21(22,23)24)26-14-16-6-2-4-8-18(16)28-10-12-29-13-11-28/h2-9H,10-15H2,1H3,(H2,25,26,27). The minimum absolute atomic E-state index is 0.136. The summed E-state index contributed by atoms with van der Waals surface area (Å²) in [6.07, 6.45) is -4.74. The van der Waals surface area contributed by atoms with Crippen LogP contribution in [0.25, 0.3) is 0 Å². The number of hydrogen-bond donors (Lipinski definition) is 2. The molecule has 0 bridgehead atoms. The highest BCUT2D eigenvalue weighted by Gasteiger charge is 2.31. The van der Waals surface area contributed by atoms with Gasteiger partial charge in [-0.25, -0.2) is 0 Å². The molecule has 2 aromatic rings. The van der Waals surface area contributed by atoms with E-state index in [0.717, 1.165) is 24.3 Å². The number of nitrogens with zero attached hydrogens (tertiary/aromatic N) is 2. The summed E-state index contributed by atoms with van der Waals surface area (Å²) in [7, 11) is 1.61. The average Bonchev–Trinajstić information content (AvgIpc) is 2.75. The zero-order valence-electron chi connectivity index (χ0n) is 16.7. The number of alkyl halides is 3. The Morgan fingerprint density at radius 1 is 1.00 bits per heavy atom. The van der Waals surface area contributed by atoms with Crippen LogP contribution in [0, 0.1) is 0 Å². The van der Waals surface area contributed by atoms with Crippen LogP contribution in [0.5, 0.6) is 5.75 Å². The third-order valence-corrected chi connectivity index (χ3v) is 4.66. The van der Waals surface area contributed by atoms with Gasteiger partial charge in [0.25, 0.3) is 0 Å². The number of hydrogen-bond acceptors (Lipinski definition) is 4. The van der Waals surface area contributed by atoms with Crippen molar-refractivity contribution >= 4 is 11.6 Å². The molecule has 0 aliphatic carbocycles. The quantitative estimate of drug-likeness (QED) is 0.553. The number of nitrogens with one attached hydrogen (secondary N) is 2. The molecule has 1 aliphatic heterocycles. The smallest absolute Gasteiger partial charge is 0.405 e. The molecular formula is C21H25F3N4O2. The third kappa shape index (κ3) is 6.28. The number of benzene rings is 2. The van der Waals surface area contributed by atoms with Gasteiger partial charge in [0.05, 0.1) is 13.2 Å². The Labute approximate surface area is 173 Å². The molecule has 0 aromatic heterocycles. The van der Waals surface area contributed by atoms with Gasteiger partial charge in [0.15, 0.2) is 5.96 Å². The van der Waals surface area contributed by atoms with Crippen LogP contribution in [0.2, 0.25) is 0 Å². The van der Waals surface area contributed by atoms with Gasteiger partial charge in [0.1, 0.15) is 5.75 Å². The molecular weight excluding hydrogens is 397 g/mol. The molecule has 0 amide bonds. The van der Waals surface area contributed by atoms with Crippen molar-refractivity contribution in [2.45, 2.75) is 19.5 Å². The van der Waals surface area contributed by atoms with Crippen molar-refractivity contribution in [3.63, 3.8) is 0 Å². The van der Waals surface area contributed by atoms with Gasteiger partial charge < -0.3 is 25.0 Å². The van der Waals surface area contributed by atoms with Crippen LogP contribution in [0.15, 0.2) is 53.5 Å². The summed E-state index contributed by atoms with van der Waals surface area (Å²) in [5.41, 5.74) is 2.61. The monoisotopic (exact) mass is 422 g/mol. The fraction of sp³-hybridized carbons (Fsp3) is 0.381. The minimum atomic E-state index is -4.74. The normalized spacial score (nSPS) is 15.1. The topological polar surface area (TPSA) is 58.1 Å². The summed E-state index contributed by atoms with van der Waals surface area (Å²) in [6, 6.07) is 14.1. The number of ether oxygens (including phenoxy) is 2. The van der Waals surface area contributed by atoms with E-state index in [4.69, 9.17) is 4.74 Å². The molecule has 2 aromatic carbocycles. The molecule has 1 heterocycles. The van der Waals surface area contributed by atoms with Gasteiger partial charge >= 0.3 is 6.36 Å². The zero-order chi connectivity index (χ0) is 21.4. The maximum atomic E-state index is 12.6. The Balaban J connectivity index is 1.60. The van der Waals surface area contributed by atoms with Crippen molar-refractivity contribution in [3.8, 4) is 5.75 Å². The predicted molar refractivity (Wildman–Crippen MR) is 110 cm³/mol. The largest absolute Gasteiger partial charge is 0.573 e. The maximum absolute atomic E-state index is 12.6. The van der Waals surface area contributed by atoms with Gasteiger partial charge in [-0.1, -0.05) is 36.4 Å². The van der Waals surface area contributed by atoms with E-state index in [0.29, 0.717) is 31.3 Å². The van der Waals surface area contributed by atoms with Gasteiger partial charge in [0.2, 0.25) is 0 Å². The minimum Gasteiger partial charge on any atom is -0.405 e. The molecule has 9 heteroatoms. The molecule has 0 radical (unpaired) electrons. The lowest BCUT2D eigenvalue weighted by Gasteiger charge is -2.30. The van der Waals surface area contributed by atoms with Crippen molar-refractivity contribution in [2.24, 2.45) is 4.99 Å². The zero-order valence-corrected chi connectivity index (χ0v) is 16.7. The molecule has 162 valence electrons. The Kier molecular flexibility index (Phi) is 7.40. The number of aliphatic imine (C=N–C) groups is 1. The molecule has 1 fully saturated rings. The second-order valence-corrected chi connectivity index (χ2v) is 6.66. The number of halogens is 3. The molecule has 1 saturated heterocycles. The first-order chi connectivity index (χ1) is 14.5. The van der Waals surface area contributed by atoms with E-state index >= 15 is 0 Å². The van der Waals surface area contributed by atoms with Crippen LogP contribution in [-0.4, -0.2) is 45.7 Å². The summed E-state index contributed by atoms with van der Waals surface area (Å²) in [6.45, 7) is 3.72. The van der Waals surface area contributed by atoms with Gasteiger partial charge in [-0.3, -0.25) is 4.99 Å². The van der Waals surface area contributed by atoms with Crippen molar-refractivity contribution < 1.29 is 22.6 Å². The number of para-hydroxylation sites is 2. The molecule has 3 rings (SSSR count). The van der Waals surface area contributed by atoms with Gasteiger partial charge in [0, 0.05) is 44.5 Å². The molecule has 30 heavy (non-hydrogen) atoms. The van der Waals surface area contributed by atoms with Crippen LogP contribution >= 0.6 is 0 Å². The predicted octanol–water partition coefficient (Wildman–Crippen LogP) is 3.29. The maximum Gasteiger partial charge on any atom is 0.573 e. The van der Waals surface area contributed by atoms with Crippen LogP contribution in [0.3, 0.4) is 0 Å². The van der Waals surface area contributed by atoms with Crippen LogP contribution in [-0.2, 0) is 17.8 Å². The first-order valence-electron chi connectivity index (χ1n) is 9.65. The Hall–Kier alpha value is -2.94. The Bertz CT molecular complexity index is 852. The van der Waals surface area contributed by atoms with Crippen LogP contribution < -0.4 is 20.3 Å². The lowest BCUT2D eigenvalue weighted by molar-refractivity contribution is -0.274. The van der Waals surface area contributed by atoms with E-state index in [2.05, 4.69) is 31.3 Å². The van der Waals surface area contributed by atoms with E-state index < -0.39 is 6.36 Å². The van der Waals surface area contributed by atoms with E-state index in [1.54, 1.807) is 19.2 Å². The molecule has 0 atom stereocenters. The molecule has 2 N–H and O–H groups in total. The Morgan fingerprint density at radius 3 is 2.27 bits per heavy atom. The third-order valence-electron chi connectivity index (χ3n) is 4.66. The second kappa shape index (κ2) is 10.2. The van der Waals surface area contributed by atoms with Gasteiger partial charge in [-0.15, -0.1) is 13.2 Å². The van der Waals surface area contributed by atoms with E-state index in [9.17, 15) is 13.2 Å². The van der Waals surface area contributed by atoms with Gasteiger partial charge in [-0.05, 0) is 17.7 Å². The summed E-state index contributed by atoms with van der Waals surface area (Å²) in [5.74, 6) is 0.249. The lowest BCUT2D eigenvalue weighted by Crippen LogP contribution is -2.39. The summed E-state index contributed by atoms with van der Waals surface area (Å²) in [4.78, 5) is 6.44. The van der Waals surface area contributed by atoms with Crippen molar-refractivity contribution in [1.29, 1.82) is 0 Å². The molecule has 0 unspecified atom stereocenters. The van der Waals surface area contributed by atoms with E-state index in [1.807, 2.05) is 18.2 Å². The fourth-order valence-corrected chi connectivity index (χ4v) is 3.23. The van der Waals surface area contributed by atoms with Crippen molar-refractivity contribution in [3.05, 3.63) is 59.7 Å². The highest BCUT2D eigenvalue weighted by Crippen LogP contribution is 2.26. The molecule has 0 saturated carbocycles. The van der Waals surface area contributed by atoms with Gasteiger partial charge in [-0.2, -0.15) is 0 Å². The number of anilines is 1. The fourth-order valence-electron chi connectivity index (χ4n) is 3.23. The highest BCUT2D eigenvalue weighted by molar-refractivity contribution is 5.79. The first-order valence-corrected chi connectivity index (χ1v) is 9.65. The SMILES string of the molecule is CN=C(NCc1ccccc1OC(F)(F)F)NCc1ccccc1N1CCOCC1. The highest BCUT2D eigenvalue weighted by atomic mass is 19.4.